The predicted molar refractivity (Wildman–Crippen MR) is 160 cm³/mol. The van der Waals surface area contributed by atoms with Gasteiger partial charge in [0, 0.05) is 24.7 Å². The lowest BCUT2D eigenvalue weighted by Crippen LogP contribution is -2.51. The fraction of sp³-hybridized carbons (Fsp3) is 0.355. The normalized spacial score (nSPS) is 11.9. The second-order valence-electron chi connectivity index (χ2n) is 9.80. The number of nitrogens with one attached hydrogen (secondary N) is 1. The summed E-state index contributed by atoms with van der Waals surface area (Å²) in [7, 11) is -1.50. The average molecular weight is 600 g/mol. The number of halogens is 1. The standard InChI is InChI=1S/C31H38FN3O6S/c1-6-7-18-33-31(37)23(3)34(20-24-10-8-9-11-27(24)32)30(36)21-35(28-19-25(40-4)14-17-29(28)41-5)42(38,39)26-15-12-22(2)13-16-26/h8-17,19,23H,6-7,18,20-21H2,1-5H3,(H,33,37)/t23-/m0/s1. The zero-order valence-corrected chi connectivity index (χ0v) is 25.4. The maximum Gasteiger partial charge on any atom is 0.264 e. The molecule has 1 N–H and O–H groups in total. The molecule has 1 atom stereocenters. The van der Waals surface area contributed by atoms with E-state index < -0.39 is 40.2 Å². The number of ether oxygens (including phenoxy) is 2. The predicted octanol–water partition coefficient (Wildman–Crippen LogP) is 4.68. The summed E-state index contributed by atoms with van der Waals surface area (Å²) in [5, 5.41) is 2.80. The smallest absolute Gasteiger partial charge is 0.264 e. The Balaban J connectivity index is 2.10. The van der Waals surface area contributed by atoms with Crippen LogP contribution in [0.5, 0.6) is 11.5 Å². The van der Waals surface area contributed by atoms with E-state index in [1.54, 1.807) is 24.3 Å². The van der Waals surface area contributed by atoms with Crippen molar-refractivity contribution in [1.82, 2.24) is 10.2 Å². The van der Waals surface area contributed by atoms with Crippen molar-refractivity contribution in [2.24, 2.45) is 0 Å². The van der Waals surface area contributed by atoms with Crippen LogP contribution in [-0.4, -0.2) is 58.5 Å². The number of anilines is 1. The van der Waals surface area contributed by atoms with Crippen molar-refractivity contribution in [1.29, 1.82) is 0 Å². The third kappa shape index (κ3) is 7.79. The molecule has 0 aliphatic carbocycles. The van der Waals surface area contributed by atoms with Crippen molar-refractivity contribution >= 4 is 27.5 Å². The van der Waals surface area contributed by atoms with Gasteiger partial charge in [0.15, 0.2) is 0 Å². The molecular weight excluding hydrogens is 561 g/mol. The van der Waals surface area contributed by atoms with Crippen LogP contribution >= 0.6 is 0 Å². The summed E-state index contributed by atoms with van der Waals surface area (Å²) >= 11 is 0. The molecule has 0 unspecified atom stereocenters. The molecule has 0 saturated carbocycles. The summed E-state index contributed by atoms with van der Waals surface area (Å²) in [6.45, 7) is 4.82. The quantitative estimate of drug-likeness (QED) is 0.270. The fourth-order valence-electron chi connectivity index (χ4n) is 4.27. The number of carbonyl (C=O) groups is 2. The Kier molecular flexibility index (Phi) is 11.3. The van der Waals surface area contributed by atoms with E-state index in [4.69, 9.17) is 9.47 Å². The Morgan fingerprint density at radius 2 is 1.69 bits per heavy atom. The number of rotatable bonds is 14. The van der Waals surface area contributed by atoms with Crippen LogP contribution in [0.15, 0.2) is 71.6 Å². The van der Waals surface area contributed by atoms with Crippen LogP contribution < -0.4 is 19.1 Å². The number of amides is 2. The monoisotopic (exact) mass is 599 g/mol. The lowest BCUT2D eigenvalue weighted by molar-refractivity contribution is -0.139. The van der Waals surface area contributed by atoms with Crippen LogP contribution in [-0.2, 0) is 26.2 Å². The molecule has 226 valence electrons. The molecule has 0 aliphatic rings. The lowest BCUT2D eigenvalue weighted by Gasteiger charge is -2.32. The molecule has 2 amide bonds. The molecular formula is C31H38FN3O6S. The van der Waals surface area contributed by atoms with Gasteiger partial charge in [-0.15, -0.1) is 0 Å². The van der Waals surface area contributed by atoms with Gasteiger partial charge in [-0.1, -0.05) is 49.2 Å². The first kappa shape index (κ1) is 32.4. The minimum atomic E-state index is -4.33. The summed E-state index contributed by atoms with van der Waals surface area (Å²) in [4.78, 5) is 28.3. The highest BCUT2D eigenvalue weighted by Gasteiger charge is 2.34. The molecule has 0 spiro atoms. The number of benzene rings is 3. The summed E-state index contributed by atoms with van der Waals surface area (Å²) in [6.07, 6.45) is 1.61. The van der Waals surface area contributed by atoms with Gasteiger partial charge in [-0.2, -0.15) is 0 Å². The maximum absolute atomic E-state index is 14.7. The SMILES string of the molecule is CCCCNC(=O)[C@H](C)N(Cc1ccccc1F)C(=O)CN(c1cc(OC)ccc1OC)S(=O)(=O)c1ccc(C)cc1. The van der Waals surface area contributed by atoms with Crippen molar-refractivity contribution in [2.45, 2.75) is 51.1 Å². The van der Waals surface area contributed by atoms with Gasteiger partial charge in [-0.3, -0.25) is 13.9 Å². The third-order valence-corrected chi connectivity index (χ3v) is 8.61. The van der Waals surface area contributed by atoms with E-state index in [-0.39, 0.29) is 28.4 Å². The largest absolute Gasteiger partial charge is 0.497 e. The van der Waals surface area contributed by atoms with Gasteiger partial charge < -0.3 is 19.7 Å². The van der Waals surface area contributed by atoms with Crippen LogP contribution in [0.2, 0.25) is 0 Å². The average Bonchev–Trinajstić information content (AvgIpc) is 2.98. The summed E-state index contributed by atoms with van der Waals surface area (Å²) in [5.74, 6) is -1.16. The van der Waals surface area contributed by atoms with Gasteiger partial charge in [0.2, 0.25) is 11.8 Å². The Morgan fingerprint density at radius 1 is 1.00 bits per heavy atom. The number of hydrogen-bond donors (Lipinski definition) is 1. The molecule has 42 heavy (non-hydrogen) atoms. The Labute approximate surface area is 247 Å². The molecule has 3 aromatic rings. The van der Waals surface area contributed by atoms with Gasteiger partial charge in [0.05, 0.1) is 24.8 Å². The van der Waals surface area contributed by atoms with Crippen molar-refractivity contribution in [2.75, 3.05) is 31.6 Å². The number of methoxy groups -OCH3 is 2. The zero-order valence-electron chi connectivity index (χ0n) is 24.6. The maximum atomic E-state index is 14.7. The molecule has 3 rings (SSSR count). The first-order chi connectivity index (χ1) is 20.0. The van der Waals surface area contributed by atoms with Gasteiger partial charge in [0.25, 0.3) is 10.0 Å². The van der Waals surface area contributed by atoms with Crippen LogP contribution in [0.25, 0.3) is 0 Å². The molecule has 0 bridgehead atoms. The van der Waals surface area contributed by atoms with E-state index in [1.165, 1.54) is 68.5 Å². The molecule has 0 heterocycles. The molecule has 0 aromatic heterocycles. The van der Waals surface area contributed by atoms with E-state index in [9.17, 15) is 22.4 Å². The Hall–Kier alpha value is -4.12. The molecule has 9 nitrogen and oxygen atoms in total. The second kappa shape index (κ2) is 14.7. The first-order valence-electron chi connectivity index (χ1n) is 13.7. The molecule has 0 radical (unpaired) electrons. The van der Waals surface area contributed by atoms with E-state index in [2.05, 4.69) is 5.32 Å². The van der Waals surface area contributed by atoms with Crippen molar-refractivity contribution in [3.05, 3.63) is 83.7 Å². The highest BCUT2D eigenvalue weighted by Crippen LogP contribution is 2.36. The van der Waals surface area contributed by atoms with Crippen LogP contribution in [0.4, 0.5) is 10.1 Å². The Morgan fingerprint density at radius 3 is 2.31 bits per heavy atom. The molecule has 0 aliphatic heterocycles. The number of carbonyl (C=O) groups excluding carboxylic acids is 2. The number of aryl methyl sites for hydroxylation is 1. The third-order valence-electron chi connectivity index (χ3n) is 6.84. The van der Waals surface area contributed by atoms with Gasteiger partial charge >= 0.3 is 0 Å². The lowest BCUT2D eigenvalue weighted by atomic mass is 10.1. The highest BCUT2D eigenvalue weighted by atomic mass is 32.2. The molecule has 0 saturated heterocycles. The minimum Gasteiger partial charge on any atom is -0.497 e. The number of hydrogen-bond acceptors (Lipinski definition) is 6. The number of nitrogens with zero attached hydrogens (tertiary/aromatic N) is 2. The van der Waals surface area contributed by atoms with Gasteiger partial charge in [-0.05, 0) is 50.6 Å². The Bertz CT molecular complexity index is 1480. The summed E-state index contributed by atoms with van der Waals surface area (Å²) in [6, 6.07) is 15.7. The van der Waals surface area contributed by atoms with E-state index in [0.717, 1.165) is 22.7 Å². The summed E-state index contributed by atoms with van der Waals surface area (Å²) < 4.78 is 54.6. The van der Waals surface area contributed by atoms with Gasteiger partial charge in [0.1, 0.15) is 29.9 Å². The molecule has 3 aromatic carbocycles. The highest BCUT2D eigenvalue weighted by molar-refractivity contribution is 7.92. The topological polar surface area (TPSA) is 105 Å². The minimum absolute atomic E-state index is 0.0446. The van der Waals surface area contributed by atoms with E-state index in [1.807, 2.05) is 13.8 Å². The van der Waals surface area contributed by atoms with Gasteiger partial charge in [-0.25, -0.2) is 12.8 Å². The van der Waals surface area contributed by atoms with Crippen molar-refractivity contribution < 1.29 is 31.9 Å². The number of unbranched alkanes of at least 4 members (excludes halogenated alkanes) is 1. The van der Waals surface area contributed by atoms with Crippen LogP contribution in [0, 0.1) is 12.7 Å². The van der Waals surface area contributed by atoms with Crippen LogP contribution in [0.1, 0.15) is 37.8 Å². The molecule has 0 fully saturated rings. The van der Waals surface area contributed by atoms with Crippen LogP contribution in [0.3, 0.4) is 0 Å². The summed E-state index contributed by atoms with van der Waals surface area (Å²) in [5.41, 5.74) is 1.11. The number of sulfonamides is 1. The fourth-order valence-corrected chi connectivity index (χ4v) is 5.69. The zero-order chi connectivity index (χ0) is 30.9. The van der Waals surface area contributed by atoms with E-state index >= 15 is 0 Å². The van der Waals surface area contributed by atoms with Crippen molar-refractivity contribution in [3.8, 4) is 11.5 Å². The molecule has 11 heteroatoms. The van der Waals surface area contributed by atoms with Crippen molar-refractivity contribution in [3.63, 3.8) is 0 Å². The first-order valence-corrected chi connectivity index (χ1v) is 15.1. The second-order valence-corrected chi connectivity index (χ2v) is 11.7. The van der Waals surface area contributed by atoms with E-state index in [0.29, 0.717) is 12.3 Å².